The number of hydrogen-bond donors (Lipinski definition) is 1. The Kier molecular flexibility index (Phi) is 5.24. The molecule has 1 aliphatic heterocycles. The van der Waals surface area contributed by atoms with Gasteiger partial charge in [0.1, 0.15) is 11.4 Å². The third-order valence-electron chi connectivity index (χ3n) is 7.40. The molecule has 5 rings (SSSR count). The first-order chi connectivity index (χ1) is 15.1. The van der Waals surface area contributed by atoms with E-state index in [9.17, 15) is 14.0 Å². The van der Waals surface area contributed by atoms with Gasteiger partial charge < -0.3 is 10.1 Å². The second kappa shape index (κ2) is 8.06. The van der Waals surface area contributed by atoms with Crippen LogP contribution in [0, 0.1) is 11.7 Å². The summed E-state index contributed by atoms with van der Waals surface area (Å²) in [4.78, 5) is 29.3. The Hall–Kier alpha value is -2.76. The van der Waals surface area contributed by atoms with Crippen LogP contribution in [0.1, 0.15) is 78.8 Å². The van der Waals surface area contributed by atoms with Crippen LogP contribution < -0.4 is 5.32 Å². The molecule has 3 aliphatic rings. The number of amides is 1. The number of fused-ring (bicyclic) bond motifs is 2. The molecular weight excluding hydrogens is 395 g/mol. The van der Waals surface area contributed by atoms with E-state index in [0.717, 1.165) is 36.8 Å². The number of carbonyl (C=O) groups excluding carboxylic acids is 2. The number of halogens is 1. The van der Waals surface area contributed by atoms with E-state index in [1.807, 2.05) is 12.1 Å². The van der Waals surface area contributed by atoms with Crippen LogP contribution in [0.5, 0.6) is 0 Å². The number of aromatic nitrogens is 1. The zero-order valence-corrected chi connectivity index (χ0v) is 17.5. The molecule has 2 heterocycles. The van der Waals surface area contributed by atoms with Gasteiger partial charge in [-0.25, -0.2) is 9.18 Å². The molecule has 1 aromatic carbocycles. The molecule has 6 heteroatoms. The van der Waals surface area contributed by atoms with E-state index in [4.69, 9.17) is 4.74 Å². The van der Waals surface area contributed by atoms with E-state index in [-0.39, 0.29) is 35.6 Å². The Morgan fingerprint density at radius 2 is 1.81 bits per heavy atom. The molecule has 0 radical (unpaired) electrons. The van der Waals surface area contributed by atoms with E-state index in [1.165, 1.54) is 6.07 Å². The van der Waals surface area contributed by atoms with Crippen molar-refractivity contribution >= 4 is 11.9 Å². The van der Waals surface area contributed by atoms with Crippen LogP contribution >= 0.6 is 0 Å². The topological polar surface area (TPSA) is 68.3 Å². The number of pyridine rings is 1. The predicted octanol–water partition coefficient (Wildman–Crippen LogP) is 4.62. The number of nitrogens with one attached hydrogen (secondary N) is 1. The Balaban J connectivity index is 1.15. The lowest BCUT2D eigenvalue weighted by atomic mass is 9.75. The summed E-state index contributed by atoms with van der Waals surface area (Å²) in [6.07, 6.45) is 9.55. The van der Waals surface area contributed by atoms with Crippen LogP contribution in [0.2, 0.25) is 0 Å². The van der Waals surface area contributed by atoms with Gasteiger partial charge in [-0.1, -0.05) is 18.2 Å². The summed E-state index contributed by atoms with van der Waals surface area (Å²) < 4.78 is 19.8. The fraction of sp³-hybridized carbons (Fsp3) is 0.480. The van der Waals surface area contributed by atoms with Crippen LogP contribution in [0.25, 0.3) is 0 Å². The highest BCUT2D eigenvalue weighted by atomic mass is 19.1. The van der Waals surface area contributed by atoms with Crippen LogP contribution in [0.3, 0.4) is 0 Å². The predicted molar refractivity (Wildman–Crippen MR) is 113 cm³/mol. The molecule has 2 aliphatic carbocycles. The fourth-order valence-electron chi connectivity index (χ4n) is 5.61. The Morgan fingerprint density at radius 1 is 1.06 bits per heavy atom. The molecule has 0 atom stereocenters. The van der Waals surface area contributed by atoms with Crippen molar-refractivity contribution in [2.45, 2.75) is 68.9 Å². The van der Waals surface area contributed by atoms with Gasteiger partial charge in [0, 0.05) is 29.9 Å². The Labute approximate surface area is 181 Å². The average molecular weight is 423 g/mol. The quantitative estimate of drug-likeness (QED) is 0.733. The number of hydrogen-bond acceptors (Lipinski definition) is 4. The summed E-state index contributed by atoms with van der Waals surface area (Å²) in [5.74, 6) is -0.147. The molecule has 2 saturated carbocycles. The minimum absolute atomic E-state index is 0.0608. The number of rotatable bonds is 3. The van der Waals surface area contributed by atoms with Crippen molar-refractivity contribution in [3.05, 3.63) is 65.2 Å². The van der Waals surface area contributed by atoms with E-state index < -0.39 is 5.60 Å². The third-order valence-corrected chi connectivity index (χ3v) is 7.40. The molecule has 0 unspecified atom stereocenters. The van der Waals surface area contributed by atoms with Crippen molar-refractivity contribution < 1.29 is 18.7 Å². The van der Waals surface area contributed by atoms with E-state index in [0.29, 0.717) is 31.2 Å². The molecule has 1 spiro atoms. The summed E-state index contributed by atoms with van der Waals surface area (Å²) >= 11 is 0. The molecule has 1 aromatic heterocycles. The van der Waals surface area contributed by atoms with Crippen molar-refractivity contribution in [1.29, 1.82) is 0 Å². The number of esters is 1. The molecule has 2 aromatic rings. The molecule has 5 nitrogen and oxygen atoms in total. The maximum absolute atomic E-state index is 14.1. The van der Waals surface area contributed by atoms with Gasteiger partial charge in [0.15, 0.2) is 0 Å². The highest BCUT2D eigenvalue weighted by molar-refractivity contribution is 5.94. The maximum atomic E-state index is 14.1. The summed E-state index contributed by atoms with van der Waals surface area (Å²) in [7, 11) is 0. The molecule has 0 saturated heterocycles. The Bertz CT molecular complexity index is 992. The fourth-order valence-corrected chi connectivity index (χ4v) is 5.61. The monoisotopic (exact) mass is 422 g/mol. The molecular formula is C25H27FN2O3. The van der Waals surface area contributed by atoms with Gasteiger partial charge in [0.05, 0.1) is 5.56 Å². The van der Waals surface area contributed by atoms with Crippen LogP contribution in [-0.4, -0.2) is 22.9 Å². The van der Waals surface area contributed by atoms with Gasteiger partial charge in [0.2, 0.25) is 5.91 Å². The second-order valence-corrected chi connectivity index (χ2v) is 9.16. The number of ether oxygens (including phenoxy) is 1. The highest BCUT2D eigenvalue weighted by Crippen LogP contribution is 2.47. The molecule has 162 valence electrons. The first-order valence-corrected chi connectivity index (χ1v) is 11.3. The minimum Gasteiger partial charge on any atom is -0.450 e. The first-order valence-electron chi connectivity index (χ1n) is 11.3. The summed E-state index contributed by atoms with van der Waals surface area (Å²) in [5, 5.41) is 3.23. The van der Waals surface area contributed by atoms with Gasteiger partial charge in [-0.3, -0.25) is 9.78 Å². The van der Waals surface area contributed by atoms with Crippen molar-refractivity contribution in [1.82, 2.24) is 10.3 Å². The third kappa shape index (κ3) is 3.73. The molecule has 31 heavy (non-hydrogen) atoms. The lowest BCUT2D eigenvalue weighted by Gasteiger charge is -2.37. The van der Waals surface area contributed by atoms with Crippen molar-refractivity contribution in [2.75, 3.05) is 0 Å². The smallest absolute Gasteiger partial charge is 0.339 e. The number of carbonyl (C=O) groups is 2. The molecule has 1 N–H and O–H groups in total. The van der Waals surface area contributed by atoms with E-state index >= 15 is 0 Å². The van der Waals surface area contributed by atoms with Gasteiger partial charge in [-0.05, 0) is 75.0 Å². The van der Waals surface area contributed by atoms with E-state index in [1.54, 1.807) is 24.5 Å². The SMILES string of the molecule is O=C1OC2(CCC(C(=O)N[C@H]3CC[C@H](c4ccccc4F)CC3)CC2)c2cnccc21. The van der Waals surface area contributed by atoms with E-state index in [2.05, 4.69) is 10.3 Å². The molecule has 0 bridgehead atoms. The summed E-state index contributed by atoms with van der Waals surface area (Å²) in [5.41, 5.74) is 1.65. The second-order valence-electron chi connectivity index (χ2n) is 9.16. The summed E-state index contributed by atoms with van der Waals surface area (Å²) in [6, 6.07) is 8.87. The van der Waals surface area contributed by atoms with Crippen molar-refractivity contribution in [2.24, 2.45) is 5.92 Å². The van der Waals surface area contributed by atoms with Gasteiger partial charge in [0.25, 0.3) is 0 Å². The zero-order chi connectivity index (χ0) is 21.4. The standard InChI is InChI=1S/C25H27FN2O3/c26-22-4-2-1-3-19(22)16-5-7-18(8-6-16)28-23(29)17-9-12-25(13-10-17)21-15-27-14-11-20(21)24(30)31-25/h1-4,11,14-18H,5-10,12-13H2,(H,28,29)/t16-,17?,18-,25?. The normalized spacial score (nSPS) is 30.0. The van der Waals surface area contributed by atoms with Gasteiger partial charge in [-0.2, -0.15) is 0 Å². The first kappa shape index (κ1) is 20.2. The average Bonchev–Trinajstić information content (AvgIpc) is 3.07. The largest absolute Gasteiger partial charge is 0.450 e. The van der Waals surface area contributed by atoms with Gasteiger partial charge in [-0.15, -0.1) is 0 Å². The number of benzene rings is 1. The van der Waals surface area contributed by atoms with Crippen LogP contribution in [0.15, 0.2) is 42.7 Å². The van der Waals surface area contributed by atoms with Crippen LogP contribution in [0.4, 0.5) is 4.39 Å². The zero-order valence-electron chi connectivity index (χ0n) is 17.5. The lowest BCUT2D eigenvalue weighted by molar-refractivity contribution is -0.129. The van der Waals surface area contributed by atoms with Crippen LogP contribution in [-0.2, 0) is 15.1 Å². The lowest BCUT2D eigenvalue weighted by Crippen LogP contribution is -2.43. The maximum Gasteiger partial charge on any atom is 0.339 e. The van der Waals surface area contributed by atoms with Crippen molar-refractivity contribution in [3.8, 4) is 0 Å². The highest BCUT2D eigenvalue weighted by Gasteiger charge is 2.48. The Morgan fingerprint density at radius 3 is 2.55 bits per heavy atom. The minimum atomic E-state index is -0.616. The number of nitrogens with zero attached hydrogens (tertiary/aromatic N) is 1. The van der Waals surface area contributed by atoms with Crippen molar-refractivity contribution in [3.63, 3.8) is 0 Å². The van der Waals surface area contributed by atoms with Gasteiger partial charge >= 0.3 is 5.97 Å². The molecule has 2 fully saturated rings. The molecule has 1 amide bonds. The summed E-state index contributed by atoms with van der Waals surface area (Å²) in [6.45, 7) is 0.